The van der Waals surface area contributed by atoms with E-state index in [1.165, 1.54) is 212 Å². The van der Waals surface area contributed by atoms with Gasteiger partial charge in [-0.2, -0.15) is 0 Å². The molecule has 0 saturated carbocycles. The molecule has 462 valence electrons. The molecule has 9 nitrogen and oxygen atoms in total. The van der Waals surface area contributed by atoms with Crippen LogP contribution in [0, 0.1) is 0 Å². The number of allylic oxidation sites excluding steroid dienone is 9. The molecule has 0 aliphatic carbocycles. The lowest BCUT2D eigenvalue weighted by Crippen LogP contribution is -2.47. The third-order valence-electron chi connectivity index (χ3n) is 14.9. The van der Waals surface area contributed by atoms with Gasteiger partial charge in [-0.1, -0.05) is 268 Å². The zero-order valence-electron chi connectivity index (χ0n) is 52.9. The van der Waals surface area contributed by atoms with Crippen molar-refractivity contribution in [3.8, 4) is 0 Å². The van der Waals surface area contributed by atoms with Crippen LogP contribution in [0.2, 0.25) is 0 Å². The van der Waals surface area contributed by atoms with Gasteiger partial charge in [0, 0.05) is 12.8 Å². The molecule has 3 unspecified atom stereocenters. The summed E-state index contributed by atoms with van der Waals surface area (Å²) in [5.74, 6) is -0.505. The first-order valence-corrected chi connectivity index (χ1v) is 35.1. The summed E-state index contributed by atoms with van der Waals surface area (Å²) in [6, 6.07) is -0.853. The Morgan fingerprint density at radius 3 is 1.19 bits per heavy atom. The molecule has 0 rings (SSSR count). The van der Waals surface area contributed by atoms with Crippen molar-refractivity contribution in [3.63, 3.8) is 0 Å². The van der Waals surface area contributed by atoms with Gasteiger partial charge in [-0.25, -0.2) is 4.57 Å². The molecular weight excluding hydrogens is 1000 g/mol. The number of phosphoric acid groups is 1. The minimum absolute atomic E-state index is 0.0383. The van der Waals surface area contributed by atoms with E-state index in [0.717, 1.165) is 70.6 Å². The van der Waals surface area contributed by atoms with Crippen molar-refractivity contribution in [2.45, 2.75) is 328 Å². The highest BCUT2D eigenvalue weighted by molar-refractivity contribution is 7.47. The Bertz CT molecular complexity index is 1540. The van der Waals surface area contributed by atoms with E-state index in [2.05, 4.69) is 74.7 Å². The summed E-state index contributed by atoms with van der Waals surface area (Å²) in [5.41, 5.74) is 0. The molecule has 0 saturated heterocycles. The van der Waals surface area contributed by atoms with Crippen LogP contribution in [0.3, 0.4) is 0 Å². The zero-order chi connectivity index (χ0) is 57.9. The smallest absolute Gasteiger partial charge is 0.456 e. The van der Waals surface area contributed by atoms with E-state index in [9.17, 15) is 19.0 Å². The molecule has 0 heterocycles. The second-order valence-electron chi connectivity index (χ2n) is 24.0. The van der Waals surface area contributed by atoms with Crippen LogP contribution in [0.4, 0.5) is 0 Å². The maximum Gasteiger partial charge on any atom is 0.472 e. The largest absolute Gasteiger partial charge is 0.472 e. The Morgan fingerprint density at radius 1 is 0.443 bits per heavy atom. The third kappa shape index (κ3) is 60.1. The van der Waals surface area contributed by atoms with Crippen molar-refractivity contribution in [2.75, 3.05) is 40.9 Å². The number of quaternary nitrogens is 1. The highest BCUT2D eigenvalue weighted by Crippen LogP contribution is 2.43. The van der Waals surface area contributed by atoms with Gasteiger partial charge in [0.15, 0.2) is 0 Å². The third-order valence-corrected chi connectivity index (χ3v) is 15.9. The van der Waals surface area contributed by atoms with Gasteiger partial charge in [-0.05, 0) is 96.0 Å². The van der Waals surface area contributed by atoms with E-state index >= 15 is 0 Å². The fourth-order valence-electron chi connectivity index (χ4n) is 9.71. The molecule has 1 amide bonds. The topological polar surface area (TPSA) is 111 Å². The van der Waals surface area contributed by atoms with Crippen LogP contribution >= 0.6 is 7.82 Å². The first kappa shape index (κ1) is 76.7. The fraction of sp³-hybridized carbons (Fsp3) is 0.826. The lowest BCUT2D eigenvalue weighted by atomic mass is 10.0. The van der Waals surface area contributed by atoms with Crippen LogP contribution in [-0.2, 0) is 27.9 Å². The van der Waals surface area contributed by atoms with Crippen LogP contribution in [0.25, 0.3) is 0 Å². The number of unbranched alkanes of at least 4 members (excludes halogenated alkanes) is 37. The zero-order valence-corrected chi connectivity index (χ0v) is 53.8. The van der Waals surface area contributed by atoms with E-state index in [-0.39, 0.29) is 31.5 Å². The van der Waals surface area contributed by atoms with Crippen molar-refractivity contribution in [1.29, 1.82) is 0 Å². The van der Waals surface area contributed by atoms with Crippen LogP contribution in [0.1, 0.15) is 316 Å². The molecule has 0 spiro atoms. The summed E-state index contributed by atoms with van der Waals surface area (Å²) < 4.78 is 30.8. The predicted octanol–water partition coefficient (Wildman–Crippen LogP) is 21.0. The maximum absolute atomic E-state index is 13.6. The SMILES string of the molecule is CCCCC/C=C\C/C=C\C/C=C\CCCCCCCCCCCCC(=O)NC(COP(=O)(O)OCC[N+](C)(C)C)C(/C=C\CCCCCCCCCCCCC)OC(=O)CCCCCCCCC/C=C/CCCCCCCC. The Labute approximate surface area is 490 Å². The number of hydrogen-bond acceptors (Lipinski definition) is 6. The molecule has 0 aromatic carbocycles. The van der Waals surface area contributed by atoms with Gasteiger partial charge in [0.1, 0.15) is 19.3 Å². The van der Waals surface area contributed by atoms with Crippen molar-refractivity contribution < 1.29 is 37.3 Å². The van der Waals surface area contributed by atoms with Crippen LogP contribution in [0.15, 0.2) is 60.8 Å². The van der Waals surface area contributed by atoms with E-state index in [0.29, 0.717) is 17.4 Å². The summed E-state index contributed by atoms with van der Waals surface area (Å²) in [7, 11) is 1.50. The Morgan fingerprint density at radius 2 is 0.772 bits per heavy atom. The summed E-state index contributed by atoms with van der Waals surface area (Å²) >= 11 is 0. The van der Waals surface area contributed by atoms with Crippen molar-refractivity contribution in [2.24, 2.45) is 0 Å². The second-order valence-corrected chi connectivity index (χ2v) is 25.4. The quantitative estimate of drug-likeness (QED) is 0.0205. The summed E-state index contributed by atoms with van der Waals surface area (Å²) in [5, 5.41) is 3.07. The molecule has 0 aliphatic rings. The molecular formula is C69H130N2O7P+. The first-order chi connectivity index (χ1) is 38.4. The van der Waals surface area contributed by atoms with Gasteiger partial charge in [-0.15, -0.1) is 0 Å². The van der Waals surface area contributed by atoms with Gasteiger partial charge < -0.3 is 19.4 Å². The van der Waals surface area contributed by atoms with Crippen LogP contribution in [0.5, 0.6) is 0 Å². The van der Waals surface area contributed by atoms with Crippen LogP contribution < -0.4 is 5.32 Å². The summed E-state index contributed by atoms with van der Waals surface area (Å²) in [6.07, 6.45) is 75.0. The number of phosphoric ester groups is 1. The highest BCUT2D eigenvalue weighted by Gasteiger charge is 2.30. The minimum Gasteiger partial charge on any atom is -0.456 e. The number of likely N-dealkylation sites (N-methyl/N-ethyl adjacent to an activating group) is 1. The number of amides is 1. The molecule has 0 aromatic rings. The number of hydrogen-bond donors (Lipinski definition) is 2. The fourth-order valence-corrected chi connectivity index (χ4v) is 10.4. The molecule has 0 aliphatic heterocycles. The van der Waals surface area contributed by atoms with E-state index in [4.69, 9.17) is 13.8 Å². The molecule has 10 heteroatoms. The van der Waals surface area contributed by atoms with Crippen molar-refractivity contribution >= 4 is 19.7 Å². The molecule has 2 N–H and O–H groups in total. The number of carbonyl (C=O) groups is 2. The molecule has 0 bridgehead atoms. The summed E-state index contributed by atoms with van der Waals surface area (Å²) in [6.45, 7) is 7.01. The minimum atomic E-state index is -4.45. The van der Waals surface area contributed by atoms with E-state index in [1.807, 2.05) is 33.3 Å². The number of esters is 1. The van der Waals surface area contributed by atoms with Gasteiger partial charge in [0.25, 0.3) is 0 Å². The predicted molar refractivity (Wildman–Crippen MR) is 342 cm³/mol. The lowest BCUT2D eigenvalue weighted by Gasteiger charge is -2.27. The monoisotopic (exact) mass is 1130 g/mol. The van der Waals surface area contributed by atoms with Gasteiger partial charge in [0.2, 0.25) is 5.91 Å². The number of carbonyl (C=O) groups excluding carboxylic acids is 2. The molecule has 79 heavy (non-hydrogen) atoms. The average molecular weight is 1130 g/mol. The Kier molecular flexibility index (Phi) is 57.2. The molecule has 3 atom stereocenters. The number of nitrogens with one attached hydrogen (secondary N) is 1. The second kappa shape index (κ2) is 58.9. The molecule has 0 fully saturated rings. The molecule has 0 radical (unpaired) electrons. The van der Waals surface area contributed by atoms with Crippen molar-refractivity contribution in [1.82, 2.24) is 5.32 Å². The average Bonchev–Trinajstić information content (AvgIpc) is 3.41. The Hall–Kier alpha value is -2.29. The standard InChI is InChI=1S/C69H129N2O7P/c1-7-10-13-16-19-22-25-28-30-32-33-34-35-36-37-39-40-43-46-49-52-55-58-61-68(72)70-66(65-77-79(74,75)76-64-63-71(4,5)6)67(60-57-54-51-48-45-42-27-24-21-18-15-12-9-3)78-69(73)62-59-56-53-50-47-44-41-38-31-29-26-23-20-17-14-11-8-2/h19,22,28-31,33-34,57,60,66-67H,7-18,20-21,23-27,32,35-56,58-59,61-65H2,1-6H3,(H-,70,72,74,75)/p+1/b22-19-,30-28-,31-29+,34-33-,60-57-. The maximum atomic E-state index is 13.6. The number of nitrogens with zero attached hydrogens (tertiary/aromatic N) is 1. The van der Waals surface area contributed by atoms with Crippen molar-refractivity contribution in [3.05, 3.63) is 60.8 Å². The van der Waals surface area contributed by atoms with Gasteiger partial charge in [0.05, 0.1) is 33.8 Å². The molecule has 0 aromatic heterocycles. The van der Waals surface area contributed by atoms with Gasteiger partial charge >= 0.3 is 13.8 Å². The van der Waals surface area contributed by atoms with E-state index < -0.39 is 20.0 Å². The highest BCUT2D eigenvalue weighted by atomic mass is 31.2. The Balaban J connectivity index is 5.18. The number of rotatable bonds is 61. The number of ether oxygens (including phenoxy) is 1. The lowest BCUT2D eigenvalue weighted by molar-refractivity contribution is -0.870. The van der Waals surface area contributed by atoms with Crippen LogP contribution in [-0.4, -0.2) is 74.3 Å². The summed E-state index contributed by atoms with van der Waals surface area (Å²) in [4.78, 5) is 37.8. The van der Waals surface area contributed by atoms with Gasteiger partial charge in [-0.3, -0.25) is 18.6 Å². The normalized spacial score (nSPS) is 14.0. The first-order valence-electron chi connectivity index (χ1n) is 33.6. The van der Waals surface area contributed by atoms with E-state index in [1.54, 1.807) is 0 Å².